The number of aromatic hydroxyl groups is 1. The van der Waals surface area contributed by atoms with E-state index in [2.05, 4.69) is 0 Å². The average molecular weight is 246 g/mol. The summed E-state index contributed by atoms with van der Waals surface area (Å²) in [6.45, 7) is 2.69. The lowest BCUT2D eigenvalue weighted by Gasteiger charge is -2.13. The first-order valence-corrected chi connectivity index (χ1v) is 6.57. The lowest BCUT2D eigenvalue weighted by molar-refractivity contribution is 0.211. The predicted molar refractivity (Wildman–Crippen MR) is 60.0 cm³/mol. The van der Waals surface area contributed by atoms with E-state index < -0.39 is 15.5 Å². The van der Waals surface area contributed by atoms with Crippen LogP contribution in [0, 0.1) is 0 Å². The molecular weight excluding hydrogens is 231 g/mol. The number of sulfone groups is 1. The molecule has 0 aliphatic heterocycles. The highest BCUT2D eigenvalue weighted by Gasteiger charge is 2.22. The van der Waals surface area contributed by atoms with Gasteiger partial charge in [-0.15, -0.1) is 0 Å². The monoisotopic (exact) mass is 246 g/mol. The highest BCUT2D eigenvalue weighted by Crippen LogP contribution is 2.20. The smallest absolute Gasteiger partial charge is 0.178 e. The van der Waals surface area contributed by atoms with Gasteiger partial charge in [-0.2, -0.15) is 0 Å². The number of halogens is 1. The number of hydrogen-bond acceptors (Lipinski definition) is 3. The minimum absolute atomic E-state index is 0.00442. The Labute approximate surface area is 94.8 Å². The first kappa shape index (κ1) is 13.0. The summed E-state index contributed by atoms with van der Waals surface area (Å²) in [5, 5.41) is 9.03. The molecular formula is C11H15FO3S. The van der Waals surface area contributed by atoms with Gasteiger partial charge >= 0.3 is 0 Å². The fourth-order valence-corrected chi connectivity index (χ4v) is 2.69. The molecule has 0 unspecified atom stereocenters. The van der Waals surface area contributed by atoms with Gasteiger partial charge in [0.1, 0.15) is 11.4 Å². The Bertz CT molecular complexity index is 443. The van der Waals surface area contributed by atoms with E-state index in [1.165, 1.54) is 38.1 Å². The fourth-order valence-electron chi connectivity index (χ4n) is 1.15. The maximum Gasteiger partial charge on any atom is 0.178 e. The summed E-state index contributed by atoms with van der Waals surface area (Å²) in [6, 6.07) is 5.23. The summed E-state index contributed by atoms with van der Waals surface area (Å²) >= 11 is 0. The lowest BCUT2D eigenvalue weighted by Crippen LogP contribution is -2.18. The maximum absolute atomic E-state index is 13.2. The van der Waals surface area contributed by atoms with Crippen molar-refractivity contribution in [1.29, 1.82) is 0 Å². The van der Waals surface area contributed by atoms with Gasteiger partial charge in [0.25, 0.3) is 0 Å². The second kappa shape index (κ2) is 4.41. The second-order valence-corrected chi connectivity index (χ2v) is 6.39. The Morgan fingerprint density at radius 3 is 2.19 bits per heavy atom. The van der Waals surface area contributed by atoms with Gasteiger partial charge in [0.05, 0.1) is 10.6 Å². The van der Waals surface area contributed by atoms with E-state index >= 15 is 0 Å². The Hall–Kier alpha value is -1.10. The lowest BCUT2D eigenvalue weighted by atomic mass is 10.1. The number of phenols is 1. The first-order valence-electron chi connectivity index (χ1n) is 4.91. The molecule has 0 amide bonds. The molecule has 3 nitrogen and oxygen atoms in total. The van der Waals surface area contributed by atoms with Crippen molar-refractivity contribution >= 4 is 9.84 Å². The van der Waals surface area contributed by atoms with Crippen molar-refractivity contribution in [2.75, 3.05) is 5.75 Å². The van der Waals surface area contributed by atoms with Crippen LogP contribution in [0.15, 0.2) is 29.2 Å². The van der Waals surface area contributed by atoms with Gasteiger partial charge in [-0.3, -0.25) is 0 Å². The number of alkyl halides is 1. The molecule has 0 radical (unpaired) electrons. The normalized spacial score (nSPS) is 12.7. The summed E-state index contributed by atoms with van der Waals surface area (Å²) < 4.78 is 36.7. The zero-order chi connectivity index (χ0) is 12.4. The van der Waals surface area contributed by atoms with Crippen molar-refractivity contribution in [3.8, 4) is 5.75 Å². The highest BCUT2D eigenvalue weighted by molar-refractivity contribution is 7.91. The minimum Gasteiger partial charge on any atom is -0.508 e. The molecule has 0 aliphatic carbocycles. The quantitative estimate of drug-likeness (QED) is 0.887. The number of hydrogen-bond donors (Lipinski definition) is 1. The molecule has 0 bridgehead atoms. The van der Waals surface area contributed by atoms with E-state index in [-0.39, 0.29) is 22.8 Å². The molecule has 16 heavy (non-hydrogen) atoms. The van der Waals surface area contributed by atoms with E-state index in [4.69, 9.17) is 5.11 Å². The molecule has 0 atom stereocenters. The van der Waals surface area contributed by atoms with Crippen LogP contribution in [-0.2, 0) is 9.84 Å². The van der Waals surface area contributed by atoms with Crippen LogP contribution in [0.2, 0.25) is 0 Å². The molecule has 1 aromatic rings. The Morgan fingerprint density at radius 2 is 1.75 bits per heavy atom. The maximum atomic E-state index is 13.2. The van der Waals surface area contributed by atoms with Gasteiger partial charge in [-0.05, 0) is 44.5 Å². The molecule has 1 aromatic carbocycles. The molecule has 0 saturated carbocycles. The van der Waals surface area contributed by atoms with Crippen LogP contribution in [0.5, 0.6) is 5.75 Å². The molecule has 0 aliphatic rings. The first-order chi connectivity index (χ1) is 7.21. The third-order valence-electron chi connectivity index (χ3n) is 2.16. The minimum atomic E-state index is -3.46. The summed E-state index contributed by atoms with van der Waals surface area (Å²) in [6.07, 6.45) is -0.0454. The van der Waals surface area contributed by atoms with Crippen LogP contribution in [0.1, 0.15) is 20.3 Å². The van der Waals surface area contributed by atoms with E-state index in [9.17, 15) is 12.8 Å². The average Bonchev–Trinajstić information content (AvgIpc) is 2.15. The summed E-state index contributed by atoms with van der Waals surface area (Å²) in [7, 11) is -3.46. The van der Waals surface area contributed by atoms with Gasteiger partial charge in [0.2, 0.25) is 0 Å². The SMILES string of the molecule is CC(C)(F)CCS(=O)(=O)c1ccc(O)cc1. The van der Waals surface area contributed by atoms with Crippen molar-refractivity contribution in [3.63, 3.8) is 0 Å². The molecule has 0 heterocycles. The summed E-state index contributed by atoms with van der Waals surface area (Å²) in [5.41, 5.74) is -1.50. The van der Waals surface area contributed by atoms with Crippen molar-refractivity contribution in [1.82, 2.24) is 0 Å². The zero-order valence-electron chi connectivity index (χ0n) is 9.27. The molecule has 1 N–H and O–H groups in total. The number of benzene rings is 1. The third-order valence-corrected chi connectivity index (χ3v) is 3.89. The topological polar surface area (TPSA) is 54.4 Å². The highest BCUT2D eigenvalue weighted by atomic mass is 32.2. The molecule has 0 fully saturated rings. The summed E-state index contributed by atoms with van der Waals surface area (Å²) in [4.78, 5) is 0.106. The van der Waals surface area contributed by atoms with E-state index in [1.807, 2.05) is 0 Å². The molecule has 5 heteroatoms. The fraction of sp³-hybridized carbons (Fsp3) is 0.455. The second-order valence-electron chi connectivity index (χ2n) is 4.28. The molecule has 0 spiro atoms. The molecule has 90 valence electrons. The summed E-state index contributed by atoms with van der Waals surface area (Å²) in [5.74, 6) is -0.230. The van der Waals surface area contributed by atoms with Gasteiger partial charge < -0.3 is 5.11 Å². The van der Waals surface area contributed by atoms with Crippen LogP contribution < -0.4 is 0 Å². The van der Waals surface area contributed by atoms with E-state index in [0.717, 1.165) is 0 Å². The zero-order valence-corrected chi connectivity index (χ0v) is 10.1. The predicted octanol–water partition coefficient (Wildman–Crippen LogP) is 2.30. The van der Waals surface area contributed by atoms with Gasteiger partial charge in [-0.1, -0.05) is 0 Å². The third kappa shape index (κ3) is 3.81. The standard InChI is InChI=1S/C11H15FO3S/c1-11(2,12)7-8-16(14,15)10-5-3-9(13)4-6-10/h3-6,13H,7-8H2,1-2H3. The Balaban J connectivity index is 2.83. The van der Waals surface area contributed by atoms with Crippen LogP contribution in [0.4, 0.5) is 4.39 Å². The van der Waals surface area contributed by atoms with Crippen LogP contribution in [-0.4, -0.2) is 24.9 Å². The molecule has 0 saturated heterocycles. The van der Waals surface area contributed by atoms with Crippen molar-refractivity contribution in [2.45, 2.75) is 30.8 Å². The van der Waals surface area contributed by atoms with Crippen LogP contribution >= 0.6 is 0 Å². The van der Waals surface area contributed by atoms with Crippen LogP contribution in [0.25, 0.3) is 0 Å². The Kier molecular flexibility index (Phi) is 3.57. The van der Waals surface area contributed by atoms with Gasteiger partial charge in [0, 0.05) is 0 Å². The van der Waals surface area contributed by atoms with E-state index in [1.54, 1.807) is 0 Å². The van der Waals surface area contributed by atoms with Crippen molar-refractivity contribution in [2.24, 2.45) is 0 Å². The number of phenolic OH excluding ortho intramolecular Hbond substituents is 1. The van der Waals surface area contributed by atoms with Gasteiger partial charge in [0.15, 0.2) is 9.84 Å². The Morgan fingerprint density at radius 1 is 1.25 bits per heavy atom. The van der Waals surface area contributed by atoms with Crippen LogP contribution in [0.3, 0.4) is 0 Å². The van der Waals surface area contributed by atoms with Crippen molar-refractivity contribution in [3.05, 3.63) is 24.3 Å². The number of rotatable bonds is 4. The van der Waals surface area contributed by atoms with Gasteiger partial charge in [-0.25, -0.2) is 12.8 Å². The largest absolute Gasteiger partial charge is 0.508 e. The van der Waals surface area contributed by atoms with Crippen molar-refractivity contribution < 1.29 is 17.9 Å². The van der Waals surface area contributed by atoms with E-state index in [0.29, 0.717) is 0 Å². The molecule has 0 aromatic heterocycles. The molecule has 1 rings (SSSR count).